The van der Waals surface area contributed by atoms with Crippen molar-refractivity contribution >= 4 is 5.91 Å². The van der Waals surface area contributed by atoms with Crippen LogP contribution in [0.1, 0.15) is 20.8 Å². The van der Waals surface area contributed by atoms with E-state index in [1.54, 1.807) is 6.08 Å². The molecule has 1 unspecified atom stereocenters. The van der Waals surface area contributed by atoms with Crippen molar-refractivity contribution in [3.8, 4) is 0 Å². The predicted octanol–water partition coefficient (Wildman–Crippen LogP) is 1.20. The molecule has 0 aliphatic carbocycles. The number of rotatable bonds is 1. The third-order valence-corrected chi connectivity index (χ3v) is 1.96. The number of morpholine rings is 1. The Morgan fingerprint density at radius 1 is 1.54 bits per heavy atom. The van der Waals surface area contributed by atoms with Crippen molar-refractivity contribution in [3.63, 3.8) is 0 Å². The normalized spacial score (nSPS) is 22.7. The van der Waals surface area contributed by atoms with Crippen LogP contribution < -0.4 is 0 Å². The number of ether oxygens (including phenoxy) is 1. The lowest BCUT2D eigenvalue weighted by Gasteiger charge is -2.30. The fraction of sp³-hybridized carbons (Fsp3) is 0.700. The number of amides is 1. The van der Waals surface area contributed by atoms with Gasteiger partial charge in [-0.15, -0.1) is 0 Å². The van der Waals surface area contributed by atoms with Gasteiger partial charge in [0.25, 0.3) is 0 Å². The standard InChI is InChI=1S/C10H17NO2/c1-8(2)6-10(12)11-4-5-13-9(3)7-11/h6,9H,4-5,7H2,1-3H3. The Kier molecular flexibility index (Phi) is 3.48. The summed E-state index contributed by atoms with van der Waals surface area (Å²) in [7, 11) is 0. The van der Waals surface area contributed by atoms with E-state index in [9.17, 15) is 4.79 Å². The van der Waals surface area contributed by atoms with Gasteiger partial charge in [-0.2, -0.15) is 0 Å². The molecule has 0 bridgehead atoms. The third kappa shape index (κ3) is 3.19. The predicted molar refractivity (Wildman–Crippen MR) is 51.4 cm³/mol. The molecule has 1 fully saturated rings. The van der Waals surface area contributed by atoms with Crippen molar-refractivity contribution in [2.45, 2.75) is 26.9 Å². The molecule has 0 aromatic carbocycles. The number of hydrogen-bond acceptors (Lipinski definition) is 2. The minimum atomic E-state index is 0.107. The number of nitrogens with zero attached hydrogens (tertiary/aromatic N) is 1. The molecule has 1 rings (SSSR count). The monoisotopic (exact) mass is 183 g/mol. The second kappa shape index (κ2) is 4.42. The fourth-order valence-electron chi connectivity index (χ4n) is 1.36. The molecule has 3 nitrogen and oxygen atoms in total. The number of carbonyl (C=O) groups is 1. The largest absolute Gasteiger partial charge is 0.375 e. The van der Waals surface area contributed by atoms with Gasteiger partial charge in [0.15, 0.2) is 0 Å². The Morgan fingerprint density at radius 2 is 2.23 bits per heavy atom. The molecule has 0 spiro atoms. The van der Waals surface area contributed by atoms with Crippen LogP contribution in [0.25, 0.3) is 0 Å². The van der Waals surface area contributed by atoms with Crippen LogP contribution in [0.4, 0.5) is 0 Å². The quantitative estimate of drug-likeness (QED) is 0.572. The summed E-state index contributed by atoms with van der Waals surface area (Å²) in [5, 5.41) is 0. The number of carbonyl (C=O) groups excluding carboxylic acids is 1. The van der Waals surface area contributed by atoms with Gasteiger partial charge in [0.2, 0.25) is 5.91 Å². The van der Waals surface area contributed by atoms with Gasteiger partial charge in [-0.05, 0) is 20.8 Å². The van der Waals surface area contributed by atoms with Crippen LogP contribution in [0.15, 0.2) is 11.6 Å². The number of hydrogen-bond donors (Lipinski definition) is 0. The van der Waals surface area contributed by atoms with Crippen LogP contribution in [-0.4, -0.2) is 36.6 Å². The summed E-state index contributed by atoms with van der Waals surface area (Å²) in [4.78, 5) is 13.4. The molecule has 1 atom stereocenters. The molecule has 1 heterocycles. The molecule has 1 amide bonds. The van der Waals surface area contributed by atoms with Gasteiger partial charge in [0.05, 0.1) is 12.7 Å². The molecule has 0 radical (unpaired) electrons. The van der Waals surface area contributed by atoms with Crippen LogP contribution in [0.5, 0.6) is 0 Å². The second-order valence-electron chi connectivity index (χ2n) is 3.69. The summed E-state index contributed by atoms with van der Waals surface area (Å²) >= 11 is 0. The van der Waals surface area contributed by atoms with Crippen LogP contribution in [-0.2, 0) is 9.53 Å². The maximum absolute atomic E-state index is 11.5. The molecular weight excluding hydrogens is 166 g/mol. The van der Waals surface area contributed by atoms with Crippen molar-refractivity contribution < 1.29 is 9.53 Å². The molecule has 1 aliphatic rings. The van der Waals surface area contributed by atoms with E-state index in [1.165, 1.54) is 0 Å². The zero-order chi connectivity index (χ0) is 9.84. The average molecular weight is 183 g/mol. The van der Waals surface area contributed by atoms with Gasteiger partial charge in [0.1, 0.15) is 0 Å². The zero-order valence-electron chi connectivity index (χ0n) is 8.54. The van der Waals surface area contributed by atoms with Gasteiger partial charge in [0, 0.05) is 19.2 Å². The van der Waals surface area contributed by atoms with E-state index >= 15 is 0 Å². The van der Waals surface area contributed by atoms with Crippen molar-refractivity contribution in [2.24, 2.45) is 0 Å². The fourth-order valence-corrected chi connectivity index (χ4v) is 1.36. The van der Waals surface area contributed by atoms with Crippen LogP contribution in [0, 0.1) is 0 Å². The molecule has 74 valence electrons. The van der Waals surface area contributed by atoms with Gasteiger partial charge < -0.3 is 9.64 Å². The first-order valence-corrected chi connectivity index (χ1v) is 4.65. The first-order chi connectivity index (χ1) is 6.09. The zero-order valence-corrected chi connectivity index (χ0v) is 8.54. The SMILES string of the molecule is CC(C)=CC(=O)N1CCOC(C)C1. The number of allylic oxidation sites excluding steroid dienone is 1. The molecule has 0 aromatic heterocycles. The molecular formula is C10H17NO2. The maximum atomic E-state index is 11.5. The summed E-state index contributed by atoms with van der Waals surface area (Å²) in [6, 6.07) is 0. The van der Waals surface area contributed by atoms with E-state index in [1.807, 2.05) is 25.7 Å². The van der Waals surface area contributed by atoms with E-state index in [0.29, 0.717) is 19.7 Å². The Balaban J connectivity index is 2.51. The lowest BCUT2D eigenvalue weighted by Crippen LogP contribution is -2.43. The first-order valence-electron chi connectivity index (χ1n) is 4.65. The lowest BCUT2D eigenvalue weighted by atomic mass is 10.2. The van der Waals surface area contributed by atoms with Crippen LogP contribution in [0.2, 0.25) is 0 Å². The minimum Gasteiger partial charge on any atom is -0.375 e. The van der Waals surface area contributed by atoms with Gasteiger partial charge in [-0.3, -0.25) is 4.79 Å². The molecule has 0 aromatic rings. The van der Waals surface area contributed by atoms with Crippen molar-refractivity contribution in [1.29, 1.82) is 0 Å². The van der Waals surface area contributed by atoms with Gasteiger partial charge in [-0.1, -0.05) is 5.57 Å². The highest BCUT2D eigenvalue weighted by atomic mass is 16.5. The van der Waals surface area contributed by atoms with E-state index in [2.05, 4.69) is 0 Å². The molecule has 13 heavy (non-hydrogen) atoms. The highest BCUT2D eigenvalue weighted by Gasteiger charge is 2.19. The molecule has 0 saturated carbocycles. The Labute approximate surface area is 79.4 Å². The Morgan fingerprint density at radius 3 is 2.77 bits per heavy atom. The highest BCUT2D eigenvalue weighted by Crippen LogP contribution is 2.05. The Bertz CT molecular complexity index is 219. The van der Waals surface area contributed by atoms with Gasteiger partial charge >= 0.3 is 0 Å². The van der Waals surface area contributed by atoms with Crippen molar-refractivity contribution in [2.75, 3.05) is 19.7 Å². The van der Waals surface area contributed by atoms with Crippen molar-refractivity contribution in [1.82, 2.24) is 4.90 Å². The molecule has 1 saturated heterocycles. The molecule has 3 heteroatoms. The topological polar surface area (TPSA) is 29.5 Å². The highest BCUT2D eigenvalue weighted by molar-refractivity contribution is 5.88. The third-order valence-electron chi connectivity index (χ3n) is 1.96. The second-order valence-corrected chi connectivity index (χ2v) is 3.69. The van der Waals surface area contributed by atoms with E-state index in [-0.39, 0.29) is 12.0 Å². The Hall–Kier alpha value is -0.830. The lowest BCUT2D eigenvalue weighted by molar-refractivity contribution is -0.132. The molecule has 0 N–H and O–H groups in total. The van der Waals surface area contributed by atoms with Crippen molar-refractivity contribution in [3.05, 3.63) is 11.6 Å². The molecule has 1 aliphatic heterocycles. The maximum Gasteiger partial charge on any atom is 0.246 e. The average Bonchev–Trinajstić information content (AvgIpc) is 2.03. The van der Waals surface area contributed by atoms with E-state index in [0.717, 1.165) is 5.57 Å². The minimum absolute atomic E-state index is 0.107. The first kappa shape index (κ1) is 10.3. The summed E-state index contributed by atoms with van der Waals surface area (Å²) in [5.41, 5.74) is 1.05. The van der Waals surface area contributed by atoms with E-state index in [4.69, 9.17) is 4.74 Å². The summed E-state index contributed by atoms with van der Waals surface area (Å²) in [5.74, 6) is 0.107. The van der Waals surface area contributed by atoms with E-state index < -0.39 is 0 Å². The smallest absolute Gasteiger partial charge is 0.246 e. The van der Waals surface area contributed by atoms with Gasteiger partial charge in [-0.25, -0.2) is 0 Å². The summed E-state index contributed by atoms with van der Waals surface area (Å²) in [6.45, 7) is 7.94. The summed E-state index contributed by atoms with van der Waals surface area (Å²) in [6.07, 6.45) is 1.85. The van der Waals surface area contributed by atoms with Crippen LogP contribution in [0.3, 0.4) is 0 Å². The summed E-state index contributed by atoms with van der Waals surface area (Å²) < 4.78 is 5.35. The van der Waals surface area contributed by atoms with Crippen LogP contribution >= 0.6 is 0 Å².